The summed E-state index contributed by atoms with van der Waals surface area (Å²) in [6.45, 7) is 0.978. The van der Waals surface area contributed by atoms with Crippen LogP contribution in [0.15, 0.2) is 12.3 Å². The van der Waals surface area contributed by atoms with Crippen molar-refractivity contribution in [2.24, 2.45) is 0 Å². The number of H-pyrrole nitrogens is 1. The first kappa shape index (κ1) is 11.8. The largest absolute Gasteiger partial charge is 0.478 e. The van der Waals surface area contributed by atoms with Gasteiger partial charge in [0.25, 0.3) is 5.69 Å². The molecule has 1 N–H and O–H groups in total. The van der Waals surface area contributed by atoms with Crippen molar-refractivity contribution in [3.8, 4) is 0 Å². The Morgan fingerprint density at radius 2 is 1.53 bits per heavy atom. The number of alkyl halides is 6. The minimum absolute atomic E-state index is 0.464. The van der Waals surface area contributed by atoms with Gasteiger partial charge in [-0.2, -0.15) is 26.3 Å². The third kappa shape index (κ3) is 2.40. The number of aryl methyl sites for hydroxylation is 1. The molecule has 0 radical (unpaired) electrons. The lowest BCUT2D eigenvalue weighted by Gasteiger charge is -2.11. The van der Waals surface area contributed by atoms with Gasteiger partial charge in [0, 0.05) is 6.07 Å². The van der Waals surface area contributed by atoms with E-state index >= 15 is 0 Å². The van der Waals surface area contributed by atoms with Crippen LogP contribution in [0.2, 0.25) is 0 Å². The van der Waals surface area contributed by atoms with Crippen LogP contribution in [-0.4, -0.2) is 0 Å². The maximum Gasteiger partial charge on any atom is 0.478 e. The molecule has 0 aromatic carbocycles. The number of rotatable bonds is 0. The highest BCUT2D eigenvalue weighted by atomic mass is 19.4. The summed E-state index contributed by atoms with van der Waals surface area (Å²) < 4.78 is 73.6. The molecular formula is C8H6F6N+. The van der Waals surface area contributed by atoms with E-state index < -0.39 is 29.2 Å². The summed E-state index contributed by atoms with van der Waals surface area (Å²) in [5, 5.41) is 0. The smallest absolute Gasteiger partial charge is 0.207 e. The van der Waals surface area contributed by atoms with Crippen molar-refractivity contribution in [2.75, 3.05) is 0 Å². The molecule has 0 amide bonds. The van der Waals surface area contributed by atoms with E-state index in [1.54, 1.807) is 4.98 Å². The van der Waals surface area contributed by atoms with E-state index in [1.807, 2.05) is 0 Å². The molecule has 0 aliphatic heterocycles. The summed E-state index contributed by atoms with van der Waals surface area (Å²) in [5.74, 6) is 0. The van der Waals surface area contributed by atoms with Gasteiger partial charge in [0.2, 0.25) is 0 Å². The molecule has 0 spiro atoms. The van der Waals surface area contributed by atoms with E-state index in [4.69, 9.17) is 0 Å². The molecule has 0 bridgehead atoms. The Labute approximate surface area is 80.7 Å². The molecule has 1 nitrogen and oxygen atoms in total. The molecular weight excluding hydrogens is 224 g/mol. The minimum Gasteiger partial charge on any atom is -0.207 e. The second kappa shape index (κ2) is 3.39. The van der Waals surface area contributed by atoms with Crippen LogP contribution in [0.3, 0.4) is 0 Å². The van der Waals surface area contributed by atoms with Crippen molar-refractivity contribution in [1.29, 1.82) is 0 Å². The van der Waals surface area contributed by atoms with Gasteiger partial charge in [-0.25, -0.2) is 4.98 Å². The van der Waals surface area contributed by atoms with Crippen LogP contribution < -0.4 is 4.98 Å². The molecule has 1 aromatic heterocycles. The second-order valence-corrected chi connectivity index (χ2v) is 2.91. The second-order valence-electron chi connectivity index (χ2n) is 2.91. The lowest BCUT2D eigenvalue weighted by atomic mass is 10.1. The van der Waals surface area contributed by atoms with Crippen molar-refractivity contribution < 1.29 is 31.3 Å². The van der Waals surface area contributed by atoms with Crippen molar-refractivity contribution in [1.82, 2.24) is 0 Å². The third-order valence-corrected chi connectivity index (χ3v) is 1.77. The number of nitrogens with one attached hydrogen (secondary N) is 1. The summed E-state index contributed by atoms with van der Waals surface area (Å²) in [4.78, 5) is 1.58. The Bertz CT molecular complexity index is 364. The average molecular weight is 230 g/mol. The molecule has 0 saturated carbocycles. The van der Waals surface area contributed by atoms with Crippen LogP contribution >= 0.6 is 0 Å². The summed E-state index contributed by atoms with van der Waals surface area (Å²) in [6, 6.07) is 0.943. The standard InChI is InChI=1S/C8H5F6N/c1-4-2-3-15-6(8(12,13)14)5(4)7(9,10)11/h2-3H,1H3/p+1. The number of hydrogen-bond acceptors (Lipinski definition) is 0. The number of halogens is 6. The zero-order valence-corrected chi connectivity index (χ0v) is 7.42. The van der Waals surface area contributed by atoms with Crippen LogP contribution in [0.5, 0.6) is 0 Å². The fourth-order valence-electron chi connectivity index (χ4n) is 1.19. The van der Waals surface area contributed by atoms with Crippen molar-refractivity contribution in [3.63, 3.8) is 0 Å². The van der Waals surface area contributed by atoms with Gasteiger partial charge in [-0.05, 0) is 12.5 Å². The zero-order valence-electron chi connectivity index (χ0n) is 7.42. The average Bonchev–Trinajstić information content (AvgIpc) is 1.99. The molecule has 0 atom stereocenters. The van der Waals surface area contributed by atoms with Crippen LogP contribution in [0.1, 0.15) is 16.8 Å². The molecule has 15 heavy (non-hydrogen) atoms. The normalized spacial score (nSPS) is 13.0. The van der Waals surface area contributed by atoms with Crippen LogP contribution in [-0.2, 0) is 12.4 Å². The van der Waals surface area contributed by atoms with E-state index in [0.717, 1.165) is 19.2 Å². The zero-order chi connectivity index (χ0) is 11.9. The predicted molar refractivity (Wildman–Crippen MR) is 37.7 cm³/mol. The van der Waals surface area contributed by atoms with Crippen LogP contribution in [0.4, 0.5) is 26.3 Å². The predicted octanol–water partition coefficient (Wildman–Crippen LogP) is 2.85. The summed E-state index contributed by atoms with van der Waals surface area (Å²) in [5.41, 5.74) is -3.90. The Hall–Kier alpha value is -1.27. The highest BCUT2D eigenvalue weighted by molar-refractivity contribution is 5.30. The van der Waals surface area contributed by atoms with Gasteiger partial charge in [0.05, 0.1) is 0 Å². The summed E-state index contributed by atoms with van der Waals surface area (Å²) in [7, 11) is 0. The number of aromatic nitrogens is 1. The quantitative estimate of drug-likeness (QED) is 0.608. The van der Waals surface area contributed by atoms with Gasteiger partial charge >= 0.3 is 12.4 Å². The van der Waals surface area contributed by atoms with E-state index in [0.29, 0.717) is 0 Å². The minimum atomic E-state index is -5.04. The molecule has 0 fully saturated rings. The number of pyridine rings is 1. The van der Waals surface area contributed by atoms with E-state index in [9.17, 15) is 26.3 Å². The molecule has 1 rings (SSSR count). The molecule has 1 aromatic rings. The molecule has 7 heteroatoms. The SMILES string of the molecule is Cc1cc[nH+]c(C(F)(F)F)c1C(F)(F)F. The Kier molecular flexibility index (Phi) is 2.67. The molecule has 0 saturated heterocycles. The lowest BCUT2D eigenvalue weighted by Crippen LogP contribution is -2.28. The summed E-state index contributed by atoms with van der Waals surface area (Å²) >= 11 is 0. The molecule has 84 valence electrons. The highest BCUT2D eigenvalue weighted by Gasteiger charge is 2.49. The Balaban J connectivity index is 3.48. The Morgan fingerprint density at radius 1 is 1.00 bits per heavy atom. The fraction of sp³-hybridized carbons (Fsp3) is 0.375. The highest BCUT2D eigenvalue weighted by Crippen LogP contribution is 2.39. The van der Waals surface area contributed by atoms with E-state index in [-0.39, 0.29) is 0 Å². The van der Waals surface area contributed by atoms with Crippen LogP contribution in [0.25, 0.3) is 0 Å². The first-order valence-corrected chi connectivity index (χ1v) is 3.79. The van der Waals surface area contributed by atoms with Crippen LogP contribution in [0, 0.1) is 6.92 Å². The fourth-order valence-corrected chi connectivity index (χ4v) is 1.19. The maximum absolute atomic E-state index is 12.3. The first-order chi connectivity index (χ1) is 6.64. The van der Waals surface area contributed by atoms with Crippen molar-refractivity contribution >= 4 is 0 Å². The molecule has 1 heterocycles. The molecule has 0 unspecified atom stereocenters. The maximum atomic E-state index is 12.3. The van der Waals surface area contributed by atoms with Crippen molar-refractivity contribution in [2.45, 2.75) is 19.3 Å². The van der Waals surface area contributed by atoms with Gasteiger partial charge in [0.15, 0.2) is 6.20 Å². The topological polar surface area (TPSA) is 14.1 Å². The Morgan fingerprint density at radius 3 is 1.87 bits per heavy atom. The number of aromatic amines is 1. The molecule has 0 aliphatic rings. The number of hydrogen-bond donors (Lipinski definition) is 0. The monoisotopic (exact) mass is 230 g/mol. The van der Waals surface area contributed by atoms with E-state index in [2.05, 4.69) is 0 Å². The van der Waals surface area contributed by atoms with Gasteiger partial charge in [0.1, 0.15) is 5.56 Å². The van der Waals surface area contributed by atoms with Gasteiger partial charge < -0.3 is 0 Å². The van der Waals surface area contributed by atoms with Crippen molar-refractivity contribution in [3.05, 3.63) is 29.1 Å². The first-order valence-electron chi connectivity index (χ1n) is 3.79. The summed E-state index contributed by atoms with van der Waals surface area (Å²) in [6.07, 6.45) is -9.24. The van der Waals surface area contributed by atoms with E-state index in [1.165, 1.54) is 0 Å². The molecule has 0 aliphatic carbocycles. The lowest BCUT2D eigenvalue weighted by molar-refractivity contribution is -0.429. The van der Waals surface area contributed by atoms with Gasteiger partial charge in [-0.1, -0.05) is 0 Å². The third-order valence-electron chi connectivity index (χ3n) is 1.77. The van der Waals surface area contributed by atoms with Gasteiger partial charge in [-0.3, -0.25) is 0 Å². The van der Waals surface area contributed by atoms with Gasteiger partial charge in [-0.15, -0.1) is 0 Å².